The van der Waals surface area contributed by atoms with Crippen molar-refractivity contribution in [3.05, 3.63) is 69.4 Å². The summed E-state index contributed by atoms with van der Waals surface area (Å²) in [6, 6.07) is 13.9. The normalized spacial score (nSPS) is 12.4. The van der Waals surface area contributed by atoms with Gasteiger partial charge in [0.25, 0.3) is 0 Å². The van der Waals surface area contributed by atoms with Crippen LogP contribution in [0.5, 0.6) is 0 Å². The minimum atomic E-state index is -0.206. The van der Waals surface area contributed by atoms with Gasteiger partial charge < -0.3 is 0 Å². The summed E-state index contributed by atoms with van der Waals surface area (Å²) in [4.78, 5) is 0. The standard InChI is InChI=1S/C17H17Br2F/c1-12-3-2-4-13(7-12)8-15(11-18)9-14-5-6-17(20)16(19)10-14/h2-7,10,15H,8-9,11H2,1H3. The highest BCUT2D eigenvalue weighted by molar-refractivity contribution is 9.10. The summed E-state index contributed by atoms with van der Waals surface area (Å²) in [5.41, 5.74) is 3.81. The van der Waals surface area contributed by atoms with Gasteiger partial charge in [-0.15, -0.1) is 0 Å². The van der Waals surface area contributed by atoms with E-state index in [1.54, 1.807) is 0 Å². The summed E-state index contributed by atoms with van der Waals surface area (Å²) in [7, 11) is 0. The Kier molecular flexibility index (Phi) is 5.79. The maximum Gasteiger partial charge on any atom is 0.137 e. The Morgan fingerprint density at radius 3 is 2.35 bits per heavy atom. The van der Waals surface area contributed by atoms with Crippen LogP contribution >= 0.6 is 31.9 Å². The van der Waals surface area contributed by atoms with Crippen molar-refractivity contribution in [2.24, 2.45) is 5.92 Å². The molecule has 106 valence electrons. The van der Waals surface area contributed by atoms with Crippen LogP contribution in [0.15, 0.2) is 46.9 Å². The summed E-state index contributed by atoms with van der Waals surface area (Å²) >= 11 is 6.84. The molecule has 1 unspecified atom stereocenters. The molecule has 2 aromatic rings. The molecule has 3 heteroatoms. The fraction of sp³-hybridized carbons (Fsp3) is 0.294. The molecule has 0 amide bonds. The van der Waals surface area contributed by atoms with Crippen molar-refractivity contribution >= 4 is 31.9 Å². The molecule has 0 spiro atoms. The van der Waals surface area contributed by atoms with Gasteiger partial charge in [0.2, 0.25) is 0 Å². The van der Waals surface area contributed by atoms with Crippen molar-refractivity contribution in [3.8, 4) is 0 Å². The summed E-state index contributed by atoms with van der Waals surface area (Å²) in [6.45, 7) is 2.11. The van der Waals surface area contributed by atoms with Crippen molar-refractivity contribution in [2.75, 3.05) is 5.33 Å². The van der Waals surface area contributed by atoms with Crippen LogP contribution in [0.25, 0.3) is 0 Å². The van der Waals surface area contributed by atoms with Crippen molar-refractivity contribution in [2.45, 2.75) is 19.8 Å². The fourth-order valence-corrected chi connectivity index (χ4v) is 3.24. The van der Waals surface area contributed by atoms with E-state index in [1.165, 1.54) is 17.2 Å². The SMILES string of the molecule is Cc1cccc(CC(CBr)Cc2ccc(F)c(Br)c2)c1. The largest absolute Gasteiger partial charge is 0.206 e. The number of benzene rings is 2. The van der Waals surface area contributed by atoms with Crippen LogP contribution in [0.1, 0.15) is 16.7 Å². The van der Waals surface area contributed by atoms with Crippen molar-refractivity contribution in [1.82, 2.24) is 0 Å². The lowest BCUT2D eigenvalue weighted by Gasteiger charge is -2.15. The van der Waals surface area contributed by atoms with Crippen LogP contribution in [0.2, 0.25) is 0 Å². The second-order valence-corrected chi connectivity index (χ2v) is 6.67. The monoisotopic (exact) mass is 398 g/mol. The molecule has 0 nitrogen and oxygen atoms in total. The predicted octanol–water partition coefficient (Wildman–Crippen LogP) is 5.69. The lowest BCUT2D eigenvalue weighted by Crippen LogP contribution is -2.10. The van der Waals surface area contributed by atoms with Gasteiger partial charge in [0.05, 0.1) is 4.47 Å². The van der Waals surface area contributed by atoms with E-state index in [0.29, 0.717) is 10.4 Å². The highest BCUT2D eigenvalue weighted by Crippen LogP contribution is 2.22. The number of hydrogen-bond donors (Lipinski definition) is 0. The fourth-order valence-electron chi connectivity index (χ4n) is 2.35. The molecule has 20 heavy (non-hydrogen) atoms. The topological polar surface area (TPSA) is 0 Å². The van der Waals surface area contributed by atoms with Crippen molar-refractivity contribution in [1.29, 1.82) is 0 Å². The van der Waals surface area contributed by atoms with Gasteiger partial charge >= 0.3 is 0 Å². The molecule has 0 aliphatic heterocycles. The zero-order valence-corrected chi connectivity index (χ0v) is 14.5. The first kappa shape index (κ1) is 15.7. The highest BCUT2D eigenvalue weighted by Gasteiger charge is 2.11. The Balaban J connectivity index is 2.07. The van der Waals surface area contributed by atoms with E-state index >= 15 is 0 Å². The van der Waals surface area contributed by atoms with E-state index in [-0.39, 0.29) is 5.82 Å². The molecular weight excluding hydrogens is 383 g/mol. The molecule has 0 aromatic heterocycles. The van der Waals surface area contributed by atoms with E-state index in [9.17, 15) is 4.39 Å². The first-order valence-electron chi connectivity index (χ1n) is 6.64. The van der Waals surface area contributed by atoms with Gasteiger partial charge in [0.15, 0.2) is 0 Å². The molecule has 0 aliphatic rings. The Hall–Kier alpha value is -0.670. The van der Waals surface area contributed by atoms with Gasteiger partial charge in [-0.1, -0.05) is 51.8 Å². The van der Waals surface area contributed by atoms with E-state index in [4.69, 9.17) is 0 Å². The van der Waals surface area contributed by atoms with E-state index in [0.717, 1.165) is 23.7 Å². The van der Waals surface area contributed by atoms with Crippen molar-refractivity contribution < 1.29 is 4.39 Å². The van der Waals surface area contributed by atoms with Gasteiger partial charge in [-0.05, 0) is 64.9 Å². The van der Waals surface area contributed by atoms with Crippen LogP contribution in [0.3, 0.4) is 0 Å². The molecule has 0 N–H and O–H groups in total. The minimum absolute atomic E-state index is 0.206. The van der Waals surface area contributed by atoms with Crippen LogP contribution < -0.4 is 0 Å². The van der Waals surface area contributed by atoms with Gasteiger partial charge in [-0.3, -0.25) is 0 Å². The van der Waals surface area contributed by atoms with Crippen LogP contribution in [0, 0.1) is 18.7 Å². The second kappa shape index (κ2) is 7.37. The average molecular weight is 400 g/mol. The Bertz CT molecular complexity index is 581. The van der Waals surface area contributed by atoms with E-state index < -0.39 is 0 Å². The second-order valence-electron chi connectivity index (χ2n) is 5.17. The highest BCUT2D eigenvalue weighted by atomic mass is 79.9. The number of rotatable bonds is 5. The van der Waals surface area contributed by atoms with Gasteiger partial charge in [-0.25, -0.2) is 4.39 Å². The van der Waals surface area contributed by atoms with Crippen molar-refractivity contribution in [3.63, 3.8) is 0 Å². The quantitative estimate of drug-likeness (QED) is 0.566. The van der Waals surface area contributed by atoms with Crippen LogP contribution in [0.4, 0.5) is 4.39 Å². The number of alkyl halides is 1. The molecule has 0 saturated carbocycles. The molecule has 0 saturated heterocycles. The summed E-state index contributed by atoms with van der Waals surface area (Å²) in [6.07, 6.45) is 1.97. The molecule has 2 aromatic carbocycles. The van der Waals surface area contributed by atoms with Gasteiger partial charge in [0.1, 0.15) is 5.82 Å². The van der Waals surface area contributed by atoms with Gasteiger partial charge in [0, 0.05) is 5.33 Å². The minimum Gasteiger partial charge on any atom is -0.206 e. The average Bonchev–Trinajstić information content (AvgIpc) is 2.42. The summed E-state index contributed by atoms with van der Waals surface area (Å²) in [5.74, 6) is 0.303. The molecule has 0 fully saturated rings. The van der Waals surface area contributed by atoms with Crippen LogP contribution in [-0.2, 0) is 12.8 Å². The molecule has 0 bridgehead atoms. The van der Waals surface area contributed by atoms with Crippen LogP contribution in [-0.4, -0.2) is 5.33 Å². The lowest BCUT2D eigenvalue weighted by molar-refractivity contribution is 0.586. The third-order valence-electron chi connectivity index (χ3n) is 3.33. The third-order valence-corrected chi connectivity index (χ3v) is 4.86. The smallest absolute Gasteiger partial charge is 0.137 e. The molecule has 2 rings (SSSR count). The van der Waals surface area contributed by atoms with Gasteiger partial charge in [-0.2, -0.15) is 0 Å². The first-order chi connectivity index (χ1) is 9.58. The third kappa shape index (κ3) is 4.42. The lowest BCUT2D eigenvalue weighted by atomic mass is 9.93. The first-order valence-corrected chi connectivity index (χ1v) is 8.55. The number of aryl methyl sites for hydroxylation is 1. The Labute approximate surface area is 136 Å². The molecular formula is C17H17Br2F. The molecule has 0 radical (unpaired) electrons. The Morgan fingerprint density at radius 1 is 1.05 bits per heavy atom. The Morgan fingerprint density at radius 2 is 1.75 bits per heavy atom. The maximum absolute atomic E-state index is 13.3. The molecule has 1 atom stereocenters. The number of halogens is 3. The molecule has 0 heterocycles. The number of hydrogen-bond acceptors (Lipinski definition) is 0. The zero-order valence-electron chi connectivity index (χ0n) is 11.4. The predicted molar refractivity (Wildman–Crippen MR) is 90.0 cm³/mol. The van der Waals surface area contributed by atoms with E-state index in [2.05, 4.69) is 63.0 Å². The molecule has 0 aliphatic carbocycles. The zero-order chi connectivity index (χ0) is 14.5. The van der Waals surface area contributed by atoms with E-state index in [1.807, 2.05) is 12.1 Å². The maximum atomic E-state index is 13.3. The summed E-state index contributed by atoms with van der Waals surface area (Å²) in [5, 5.41) is 0.940. The summed E-state index contributed by atoms with van der Waals surface area (Å²) < 4.78 is 13.8.